The number of amides is 1. The van der Waals surface area contributed by atoms with Crippen LogP contribution in [0.1, 0.15) is 18.7 Å². The molecule has 1 rings (SSSR count). The summed E-state index contributed by atoms with van der Waals surface area (Å²) in [5.41, 5.74) is 4.85. The van der Waals surface area contributed by atoms with Crippen molar-refractivity contribution in [3.63, 3.8) is 0 Å². The van der Waals surface area contributed by atoms with Gasteiger partial charge in [0.05, 0.1) is 0 Å². The van der Waals surface area contributed by atoms with Gasteiger partial charge in [-0.2, -0.15) is 0 Å². The van der Waals surface area contributed by atoms with Gasteiger partial charge in [-0.15, -0.1) is 11.3 Å². The van der Waals surface area contributed by atoms with Gasteiger partial charge >= 0.3 is 6.09 Å². The Labute approximate surface area is 111 Å². The van der Waals surface area contributed by atoms with Crippen molar-refractivity contribution in [3.8, 4) is 0 Å². The molecule has 0 fully saturated rings. The van der Waals surface area contributed by atoms with Gasteiger partial charge in [-0.3, -0.25) is 0 Å². The molecule has 7 heteroatoms. The van der Waals surface area contributed by atoms with E-state index in [0.717, 1.165) is 29.6 Å². The lowest BCUT2D eigenvalue weighted by Crippen LogP contribution is -2.23. The summed E-state index contributed by atoms with van der Waals surface area (Å²) >= 11 is 1.67. The van der Waals surface area contributed by atoms with Crippen LogP contribution in [0.15, 0.2) is 6.20 Å². The molecule has 1 amide bonds. The standard InChI is InChI=1S/C11H20N4O2S/c1-3-15(4-2)11-14-8-9(18-11)7-13-5-6-17-10(12)16/h8,13H,3-7H2,1-2H3,(H2,12,16). The molecule has 0 aliphatic heterocycles. The molecule has 3 N–H and O–H groups in total. The predicted octanol–water partition coefficient (Wildman–Crippen LogP) is 1.17. The number of anilines is 1. The molecule has 0 aliphatic rings. The maximum atomic E-state index is 10.3. The number of ether oxygens (including phenoxy) is 1. The highest BCUT2D eigenvalue weighted by Gasteiger charge is 2.07. The second-order valence-corrected chi connectivity index (χ2v) is 4.72. The first kappa shape index (κ1) is 14.7. The van der Waals surface area contributed by atoms with E-state index in [9.17, 15) is 4.79 Å². The van der Waals surface area contributed by atoms with Gasteiger partial charge in [0.15, 0.2) is 5.13 Å². The number of nitrogens with zero attached hydrogens (tertiary/aromatic N) is 2. The molecule has 1 aromatic heterocycles. The predicted molar refractivity (Wildman–Crippen MR) is 72.9 cm³/mol. The average molecular weight is 272 g/mol. The molecule has 0 bridgehead atoms. The van der Waals surface area contributed by atoms with Crippen LogP contribution in [0.25, 0.3) is 0 Å². The number of nitrogens with two attached hydrogens (primary N) is 1. The van der Waals surface area contributed by atoms with E-state index in [4.69, 9.17) is 5.73 Å². The molecule has 1 aromatic rings. The Morgan fingerprint density at radius 3 is 2.89 bits per heavy atom. The summed E-state index contributed by atoms with van der Waals surface area (Å²) < 4.78 is 4.61. The van der Waals surface area contributed by atoms with E-state index < -0.39 is 6.09 Å². The van der Waals surface area contributed by atoms with Crippen LogP contribution in [0, 0.1) is 0 Å². The monoisotopic (exact) mass is 272 g/mol. The fourth-order valence-electron chi connectivity index (χ4n) is 1.45. The van der Waals surface area contributed by atoms with Crippen LogP contribution in [0.3, 0.4) is 0 Å². The van der Waals surface area contributed by atoms with Crippen LogP contribution in [0.2, 0.25) is 0 Å². The van der Waals surface area contributed by atoms with E-state index in [1.165, 1.54) is 0 Å². The Hall–Kier alpha value is -1.34. The van der Waals surface area contributed by atoms with Gasteiger partial charge in [-0.1, -0.05) is 0 Å². The summed E-state index contributed by atoms with van der Waals surface area (Å²) in [5.74, 6) is 0. The van der Waals surface area contributed by atoms with Gasteiger partial charge in [-0.05, 0) is 13.8 Å². The average Bonchev–Trinajstić information content (AvgIpc) is 2.79. The number of thiazole rings is 1. The number of aromatic nitrogens is 1. The van der Waals surface area contributed by atoms with Gasteiger partial charge in [0.25, 0.3) is 0 Å². The zero-order chi connectivity index (χ0) is 13.4. The Morgan fingerprint density at radius 1 is 1.56 bits per heavy atom. The minimum Gasteiger partial charge on any atom is -0.448 e. The Kier molecular flexibility index (Phi) is 6.45. The van der Waals surface area contributed by atoms with E-state index in [2.05, 4.69) is 33.8 Å². The second-order valence-electron chi connectivity index (χ2n) is 3.63. The van der Waals surface area contributed by atoms with E-state index in [1.54, 1.807) is 11.3 Å². The summed E-state index contributed by atoms with van der Waals surface area (Å²) in [6.45, 7) is 7.75. The first-order valence-corrected chi connectivity index (χ1v) is 6.81. The highest BCUT2D eigenvalue weighted by molar-refractivity contribution is 7.15. The minimum atomic E-state index is -0.738. The summed E-state index contributed by atoms with van der Waals surface area (Å²) in [7, 11) is 0. The van der Waals surface area contributed by atoms with E-state index in [0.29, 0.717) is 6.54 Å². The molecule has 18 heavy (non-hydrogen) atoms. The Bertz CT molecular complexity index is 366. The molecule has 0 unspecified atom stereocenters. The smallest absolute Gasteiger partial charge is 0.404 e. The highest BCUT2D eigenvalue weighted by atomic mass is 32.1. The van der Waals surface area contributed by atoms with E-state index in [1.807, 2.05) is 6.20 Å². The molecular formula is C11H20N4O2S. The quantitative estimate of drug-likeness (QED) is 0.694. The third kappa shape index (κ3) is 4.89. The first-order chi connectivity index (χ1) is 8.67. The zero-order valence-corrected chi connectivity index (χ0v) is 11.6. The zero-order valence-electron chi connectivity index (χ0n) is 10.8. The minimum absolute atomic E-state index is 0.289. The largest absolute Gasteiger partial charge is 0.448 e. The number of hydrogen-bond donors (Lipinski definition) is 2. The number of hydrogen-bond acceptors (Lipinski definition) is 6. The molecule has 0 aromatic carbocycles. The summed E-state index contributed by atoms with van der Waals surface area (Å²) in [4.78, 5) is 18.1. The third-order valence-corrected chi connectivity index (χ3v) is 3.46. The Balaban J connectivity index is 2.29. The van der Waals surface area contributed by atoms with Crippen molar-refractivity contribution in [3.05, 3.63) is 11.1 Å². The molecule has 0 aliphatic carbocycles. The number of carbonyl (C=O) groups excluding carboxylic acids is 1. The normalized spacial score (nSPS) is 10.3. The number of rotatable bonds is 8. The lowest BCUT2D eigenvalue weighted by Gasteiger charge is -2.16. The summed E-state index contributed by atoms with van der Waals surface area (Å²) in [6.07, 6.45) is 1.14. The van der Waals surface area contributed by atoms with Crippen molar-refractivity contribution < 1.29 is 9.53 Å². The van der Waals surface area contributed by atoms with Gasteiger partial charge < -0.3 is 20.7 Å². The van der Waals surface area contributed by atoms with Gasteiger partial charge in [0.2, 0.25) is 0 Å². The van der Waals surface area contributed by atoms with Crippen LogP contribution in [0.4, 0.5) is 9.93 Å². The van der Waals surface area contributed by atoms with Crippen molar-refractivity contribution in [1.29, 1.82) is 0 Å². The van der Waals surface area contributed by atoms with E-state index >= 15 is 0 Å². The lowest BCUT2D eigenvalue weighted by molar-refractivity contribution is 0.157. The Morgan fingerprint density at radius 2 is 2.28 bits per heavy atom. The molecule has 0 spiro atoms. The summed E-state index contributed by atoms with van der Waals surface area (Å²) in [6, 6.07) is 0. The van der Waals surface area contributed by atoms with Crippen LogP contribution < -0.4 is 16.0 Å². The third-order valence-electron chi connectivity index (χ3n) is 2.40. The molecule has 1 heterocycles. The van der Waals surface area contributed by atoms with Crippen molar-refractivity contribution >= 4 is 22.6 Å². The molecule has 6 nitrogen and oxygen atoms in total. The molecule has 0 radical (unpaired) electrons. The van der Waals surface area contributed by atoms with Gasteiger partial charge in [0.1, 0.15) is 6.61 Å². The molecule has 0 saturated carbocycles. The van der Waals surface area contributed by atoms with Crippen LogP contribution in [-0.2, 0) is 11.3 Å². The molecule has 102 valence electrons. The topological polar surface area (TPSA) is 80.5 Å². The maximum absolute atomic E-state index is 10.3. The highest BCUT2D eigenvalue weighted by Crippen LogP contribution is 2.21. The first-order valence-electron chi connectivity index (χ1n) is 6.00. The fourth-order valence-corrected chi connectivity index (χ4v) is 2.46. The lowest BCUT2D eigenvalue weighted by atomic mass is 10.5. The van der Waals surface area contributed by atoms with Crippen molar-refractivity contribution in [2.24, 2.45) is 5.73 Å². The number of carbonyl (C=O) groups is 1. The number of primary amides is 1. The second kappa shape index (κ2) is 7.88. The van der Waals surface area contributed by atoms with Crippen LogP contribution in [0.5, 0.6) is 0 Å². The van der Waals surface area contributed by atoms with Crippen molar-refractivity contribution in [2.75, 3.05) is 31.1 Å². The summed E-state index contributed by atoms with van der Waals surface area (Å²) in [5, 5.41) is 4.21. The van der Waals surface area contributed by atoms with Crippen LogP contribution in [-0.4, -0.2) is 37.3 Å². The fraction of sp³-hybridized carbons (Fsp3) is 0.636. The van der Waals surface area contributed by atoms with Crippen molar-refractivity contribution in [2.45, 2.75) is 20.4 Å². The van der Waals surface area contributed by atoms with E-state index in [-0.39, 0.29) is 6.61 Å². The number of nitrogens with one attached hydrogen (secondary N) is 1. The van der Waals surface area contributed by atoms with Crippen molar-refractivity contribution in [1.82, 2.24) is 10.3 Å². The maximum Gasteiger partial charge on any atom is 0.404 e. The SMILES string of the molecule is CCN(CC)c1ncc(CNCCOC(N)=O)s1. The van der Waals surface area contributed by atoms with Crippen LogP contribution >= 0.6 is 11.3 Å². The molecule has 0 saturated heterocycles. The molecule has 0 atom stereocenters. The van der Waals surface area contributed by atoms with Gasteiger partial charge in [0, 0.05) is 37.3 Å². The van der Waals surface area contributed by atoms with Gasteiger partial charge in [-0.25, -0.2) is 9.78 Å². The molecular weight excluding hydrogens is 252 g/mol.